The number of amides is 3. The summed E-state index contributed by atoms with van der Waals surface area (Å²) in [5.41, 5.74) is -3.52. The van der Waals surface area contributed by atoms with E-state index in [1.165, 1.54) is 4.90 Å². The van der Waals surface area contributed by atoms with Gasteiger partial charge in [-0.3, -0.25) is 13.9 Å². The highest BCUT2D eigenvalue weighted by Crippen LogP contribution is 2.54. The first kappa shape index (κ1) is 27.7. The van der Waals surface area contributed by atoms with Crippen LogP contribution in [0.5, 0.6) is 0 Å². The summed E-state index contributed by atoms with van der Waals surface area (Å²) in [5, 5.41) is 0. The third-order valence-electron chi connectivity index (χ3n) is 6.19. The molecule has 3 amide bonds. The molecule has 2 unspecified atom stereocenters. The SMILES string of the molecule is CC(C)(C)OC(=O)N1C(=O)C(C(OS(C)(=O)=O)[C@H]2COC(C)(C)N2C(=O)OC(C)(C)C)CC12CC2. The van der Waals surface area contributed by atoms with Gasteiger partial charge in [-0.15, -0.1) is 0 Å². The third kappa shape index (κ3) is 6.08. The molecule has 2 heterocycles. The minimum Gasteiger partial charge on any atom is -0.444 e. The van der Waals surface area contributed by atoms with E-state index < -0.39 is 68.7 Å². The van der Waals surface area contributed by atoms with E-state index >= 15 is 0 Å². The Kier molecular flexibility index (Phi) is 6.79. The van der Waals surface area contributed by atoms with E-state index in [0.29, 0.717) is 12.8 Å². The fourth-order valence-electron chi connectivity index (χ4n) is 4.75. The first-order valence-corrected chi connectivity index (χ1v) is 13.6. The monoisotopic (exact) mass is 518 g/mol. The van der Waals surface area contributed by atoms with Crippen LogP contribution in [0.3, 0.4) is 0 Å². The van der Waals surface area contributed by atoms with E-state index in [9.17, 15) is 22.8 Å². The largest absolute Gasteiger partial charge is 0.444 e. The van der Waals surface area contributed by atoms with Crippen molar-refractivity contribution in [3.05, 3.63) is 0 Å². The predicted molar refractivity (Wildman–Crippen MR) is 125 cm³/mol. The van der Waals surface area contributed by atoms with E-state index in [4.69, 9.17) is 18.4 Å². The van der Waals surface area contributed by atoms with Crippen LogP contribution in [0.4, 0.5) is 9.59 Å². The average molecular weight is 519 g/mol. The molecule has 0 N–H and O–H groups in total. The summed E-state index contributed by atoms with van der Waals surface area (Å²) >= 11 is 0. The van der Waals surface area contributed by atoms with Crippen molar-refractivity contribution in [1.29, 1.82) is 0 Å². The molecule has 0 aromatic heterocycles. The van der Waals surface area contributed by atoms with Gasteiger partial charge >= 0.3 is 12.2 Å². The summed E-state index contributed by atoms with van der Waals surface area (Å²) in [6.45, 7) is 13.5. The molecule has 11 nitrogen and oxygen atoms in total. The van der Waals surface area contributed by atoms with Gasteiger partial charge in [0.1, 0.15) is 23.0 Å². The van der Waals surface area contributed by atoms with Crippen molar-refractivity contribution < 1.29 is 41.2 Å². The smallest absolute Gasteiger partial charge is 0.417 e. The summed E-state index contributed by atoms with van der Waals surface area (Å²) in [6, 6.07) is -0.946. The van der Waals surface area contributed by atoms with E-state index in [1.807, 2.05) is 0 Å². The number of nitrogens with zero attached hydrogens (tertiary/aromatic N) is 2. The maximum Gasteiger partial charge on any atom is 0.417 e. The highest BCUT2D eigenvalue weighted by atomic mass is 32.2. The maximum absolute atomic E-state index is 13.6. The molecule has 200 valence electrons. The van der Waals surface area contributed by atoms with Crippen LogP contribution >= 0.6 is 0 Å². The van der Waals surface area contributed by atoms with Gasteiger partial charge in [-0.05, 0) is 74.7 Å². The number of imide groups is 1. The molecule has 0 aromatic carbocycles. The second kappa shape index (κ2) is 8.58. The molecule has 1 aliphatic carbocycles. The van der Waals surface area contributed by atoms with Crippen molar-refractivity contribution in [2.75, 3.05) is 12.9 Å². The van der Waals surface area contributed by atoms with E-state index in [0.717, 1.165) is 11.2 Å². The molecule has 12 heteroatoms. The lowest BCUT2D eigenvalue weighted by Crippen LogP contribution is -2.56. The van der Waals surface area contributed by atoms with Gasteiger partial charge < -0.3 is 14.2 Å². The first-order chi connectivity index (χ1) is 15.7. The van der Waals surface area contributed by atoms with Crippen molar-refractivity contribution in [1.82, 2.24) is 9.80 Å². The number of carbonyl (C=O) groups is 3. The van der Waals surface area contributed by atoms with Crippen LogP contribution in [-0.2, 0) is 33.3 Å². The molecule has 35 heavy (non-hydrogen) atoms. The van der Waals surface area contributed by atoms with Gasteiger partial charge in [0.15, 0.2) is 0 Å². The lowest BCUT2D eigenvalue weighted by atomic mass is 9.92. The van der Waals surface area contributed by atoms with E-state index in [2.05, 4.69) is 0 Å². The Morgan fingerprint density at radius 3 is 2.00 bits per heavy atom. The predicted octanol–water partition coefficient (Wildman–Crippen LogP) is 3.02. The minimum atomic E-state index is -4.05. The molecule has 2 aliphatic heterocycles. The van der Waals surface area contributed by atoms with Crippen molar-refractivity contribution >= 4 is 28.2 Å². The number of hydrogen-bond donors (Lipinski definition) is 0. The first-order valence-electron chi connectivity index (χ1n) is 11.8. The second-order valence-electron chi connectivity index (χ2n) is 12.1. The van der Waals surface area contributed by atoms with Crippen molar-refractivity contribution in [3.8, 4) is 0 Å². The number of ether oxygens (including phenoxy) is 3. The van der Waals surface area contributed by atoms with Gasteiger partial charge in [0, 0.05) is 0 Å². The zero-order valence-electron chi connectivity index (χ0n) is 22.0. The highest BCUT2D eigenvalue weighted by molar-refractivity contribution is 7.86. The summed E-state index contributed by atoms with van der Waals surface area (Å²) < 4.78 is 46.9. The molecule has 0 aromatic rings. The minimum absolute atomic E-state index is 0.0738. The molecule has 3 aliphatic rings. The van der Waals surface area contributed by atoms with Gasteiger partial charge in [0.05, 0.1) is 30.4 Å². The molecular formula is C23H38N2O9S. The molecule has 1 saturated carbocycles. The molecule has 1 spiro atoms. The fraction of sp³-hybridized carbons (Fsp3) is 0.870. The van der Waals surface area contributed by atoms with Crippen LogP contribution in [0.15, 0.2) is 0 Å². The number of likely N-dealkylation sites (tertiary alicyclic amines) is 1. The van der Waals surface area contributed by atoms with Crippen molar-refractivity contribution in [2.24, 2.45) is 5.92 Å². The van der Waals surface area contributed by atoms with Crippen LogP contribution < -0.4 is 0 Å². The standard InChI is InChI=1S/C23H38N2O9S/c1-20(2,3)32-18(27)24-15(13-31-22(24,7)8)16(34-35(9,29)30)14-12-23(10-11-23)25(17(14)26)19(28)33-21(4,5)6/h14-16H,10-13H2,1-9H3/t14?,15-,16?/m1/s1. The van der Waals surface area contributed by atoms with E-state index in [1.54, 1.807) is 55.4 Å². The van der Waals surface area contributed by atoms with Gasteiger partial charge in [-0.2, -0.15) is 8.42 Å². The Hall–Kier alpha value is -1.92. The molecule has 0 bridgehead atoms. The number of rotatable bonds is 4. The fourth-order valence-corrected chi connectivity index (χ4v) is 5.42. The summed E-state index contributed by atoms with van der Waals surface area (Å²) in [5.74, 6) is -1.59. The molecule has 3 fully saturated rings. The van der Waals surface area contributed by atoms with Crippen LogP contribution in [0, 0.1) is 5.92 Å². The Labute approximate surface area is 207 Å². The van der Waals surface area contributed by atoms with Crippen LogP contribution in [0.2, 0.25) is 0 Å². The Morgan fingerprint density at radius 2 is 1.54 bits per heavy atom. The van der Waals surface area contributed by atoms with Crippen LogP contribution in [0.1, 0.15) is 74.7 Å². The molecule has 3 atom stereocenters. The van der Waals surface area contributed by atoms with Crippen LogP contribution in [0.25, 0.3) is 0 Å². The average Bonchev–Trinajstić information content (AvgIpc) is 3.20. The normalized spacial score (nSPS) is 26.7. The van der Waals surface area contributed by atoms with Gasteiger partial charge in [-0.25, -0.2) is 14.5 Å². The molecule has 0 radical (unpaired) electrons. The van der Waals surface area contributed by atoms with E-state index in [-0.39, 0.29) is 13.0 Å². The number of hydrogen-bond acceptors (Lipinski definition) is 9. The summed E-state index contributed by atoms with van der Waals surface area (Å²) in [4.78, 5) is 42.1. The van der Waals surface area contributed by atoms with Crippen LogP contribution in [-0.4, -0.2) is 83.8 Å². The zero-order chi connectivity index (χ0) is 26.8. The summed E-state index contributed by atoms with van der Waals surface area (Å²) in [7, 11) is -4.05. The summed E-state index contributed by atoms with van der Waals surface area (Å²) in [6.07, 6.45) is -0.515. The number of carbonyl (C=O) groups excluding carboxylic acids is 3. The lowest BCUT2D eigenvalue weighted by Gasteiger charge is -2.38. The van der Waals surface area contributed by atoms with Gasteiger partial charge in [0.25, 0.3) is 10.1 Å². The second-order valence-corrected chi connectivity index (χ2v) is 13.7. The molecule has 3 rings (SSSR count). The maximum atomic E-state index is 13.6. The lowest BCUT2D eigenvalue weighted by molar-refractivity contribution is -0.135. The quantitative estimate of drug-likeness (QED) is 0.516. The Balaban J connectivity index is 1.98. The zero-order valence-corrected chi connectivity index (χ0v) is 22.9. The van der Waals surface area contributed by atoms with Crippen molar-refractivity contribution in [3.63, 3.8) is 0 Å². The van der Waals surface area contributed by atoms with Crippen molar-refractivity contribution in [2.45, 2.75) is 109 Å². The third-order valence-corrected chi connectivity index (χ3v) is 6.76. The highest BCUT2D eigenvalue weighted by Gasteiger charge is 2.65. The van der Waals surface area contributed by atoms with Gasteiger partial charge in [0.2, 0.25) is 5.91 Å². The van der Waals surface area contributed by atoms with Gasteiger partial charge in [-0.1, -0.05) is 0 Å². The molecule has 2 saturated heterocycles. The Bertz CT molecular complexity index is 989. The topological polar surface area (TPSA) is 129 Å². The molecular weight excluding hydrogens is 480 g/mol. The Morgan fingerprint density at radius 1 is 1.03 bits per heavy atom.